The van der Waals surface area contributed by atoms with Gasteiger partial charge in [0.25, 0.3) is 5.91 Å². The number of ether oxygens (including phenoxy) is 1. The summed E-state index contributed by atoms with van der Waals surface area (Å²) in [6.07, 6.45) is -0.199. The second-order valence-corrected chi connectivity index (χ2v) is 8.77. The Hall–Kier alpha value is -3.17. The number of para-hydroxylation sites is 1. The number of anilines is 1. The minimum atomic E-state index is -1.68. The molecule has 0 radical (unpaired) electrons. The Labute approximate surface area is 205 Å². The van der Waals surface area contributed by atoms with Gasteiger partial charge in [0.05, 0.1) is 18.2 Å². The summed E-state index contributed by atoms with van der Waals surface area (Å²) in [5, 5.41) is 19.5. The molecule has 2 aromatic rings. The van der Waals surface area contributed by atoms with Gasteiger partial charge in [-0.1, -0.05) is 24.3 Å². The van der Waals surface area contributed by atoms with Crippen LogP contribution in [0.2, 0.25) is 0 Å². The van der Waals surface area contributed by atoms with E-state index in [1.807, 2.05) is 43.0 Å². The number of hydrogen-bond acceptors (Lipinski definition) is 6. The molecule has 0 saturated carbocycles. The minimum Gasteiger partial charge on any atom is -0.494 e. The lowest BCUT2D eigenvalue weighted by atomic mass is 9.91. The molecule has 2 amide bonds. The molecule has 1 heterocycles. The number of carbonyl (C=O) groups is 2. The molecule has 2 aromatic carbocycles. The van der Waals surface area contributed by atoms with Gasteiger partial charge in [-0.05, 0) is 62.9 Å². The highest BCUT2D eigenvalue weighted by atomic mass is 19.1. The van der Waals surface area contributed by atoms with E-state index in [4.69, 9.17) is 9.94 Å². The Bertz CT molecular complexity index is 987. The maximum atomic E-state index is 14.2. The van der Waals surface area contributed by atoms with Gasteiger partial charge >= 0.3 is 0 Å². The van der Waals surface area contributed by atoms with Gasteiger partial charge in [-0.3, -0.25) is 14.8 Å². The van der Waals surface area contributed by atoms with Crippen molar-refractivity contribution in [2.24, 2.45) is 5.92 Å². The van der Waals surface area contributed by atoms with Crippen molar-refractivity contribution in [1.82, 2.24) is 10.4 Å². The highest BCUT2D eigenvalue weighted by Crippen LogP contribution is 2.25. The van der Waals surface area contributed by atoms with E-state index >= 15 is 0 Å². The fourth-order valence-electron chi connectivity index (χ4n) is 4.54. The summed E-state index contributed by atoms with van der Waals surface area (Å²) in [5.41, 5.74) is 2.98. The first-order valence-electron chi connectivity index (χ1n) is 12.0. The molecule has 3 rings (SSSR count). The molecule has 0 aromatic heterocycles. The van der Waals surface area contributed by atoms with E-state index in [1.165, 1.54) is 11.5 Å². The highest BCUT2D eigenvalue weighted by Gasteiger charge is 2.38. The molecule has 9 heteroatoms. The summed E-state index contributed by atoms with van der Waals surface area (Å²) < 4.78 is 19.7. The van der Waals surface area contributed by atoms with Crippen molar-refractivity contribution in [1.29, 1.82) is 0 Å². The number of aryl methyl sites for hydroxylation is 1. The van der Waals surface area contributed by atoms with Gasteiger partial charge in [0.2, 0.25) is 5.91 Å². The number of carbonyl (C=O) groups excluding carboxylic acids is 2. The lowest BCUT2D eigenvalue weighted by Gasteiger charge is -2.42. The van der Waals surface area contributed by atoms with E-state index in [0.717, 1.165) is 11.3 Å². The van der Waals surface area contributed by atoms with Crippen LogP contribution in [0, 0.1) is 11.7 Å². The molecule has 35 heavy (non-hydrogen) atoms. The first kappa shape index (κ1) is 26.4. The van der Waals surface area contributed by atoms with Crippen LogP contribution in [-0.2, 0) is 16.0 Å². The third-order valence-corrected chi connectivity index (χ3v) is 6.40. The lowest BCUT2D eigenvalue weighted by molar-refractivity contribution is -0.152. The maximum Gasteiger partial charge on any atom is 0.272 e. The molecule has 1 aliphatic heterocycles. The molecule has 0 bridgehead atoms. The first-order valence-corrected chi connectivity index (χ1v) is 12.0. The van der Waals surface area contributed by atoms with Crippen molar-refractivity contribution >= 4 is 17.5 Å². The summed E-state index contributed by atoms with van der Waals surface area (Å²) in [4.78, 5) is 28.9. The number of halogens is 1. The van der Waals surface area contributed by atoms with Crippen molar-refractivity contribution in [2.45, 2.75) is 45.3 Å². The average Bonchev–Trinajstić information content (AvgIpc) is 2.87. The molecule has 3 N–H and O–H groups in total. The molecular weight excluding hydrogens is 453 g/mol. The number of amides is 2. The number of hydroxylamine groups is 1. The van der Waals surface area contributed by atoms with Gasteiger partial charge in [-0.2, -0.15) is 0 Å². The normalized spacial score (nSPS) is 17.6. The maximum absolute atomic E-state index is 14.2. The summed E-state index contributed by atoms with van der Waals surface area (Å²) >= 11 is 0. The van der Waals surface area contributed by atoms with Crippen LogP contribution in [0.4, 0.5) is 10.1 Å². The molecular formula is C26H34FN3O5. The number of piperazine rings is 1. The molecule has 8 nitrogen and oxygen atoms in total. The van der Waals surface area contributed by atoms with E-state index in [-0.39, 0.29) is 24.2 Å². The Kier molecular flexibility index (Phi) is 9.45. The fraction of sp³-hybridized carbons (Fsp3) is 0.462. The van der Waals surface area contributed by atoms with Crippen LogP contribution >= 0.6 is 0 Å². The van der Waals surface area contributed by atoms with Crippen molar-refractivity contribution in [2.75, 3.05) is 31.1 Å². The summed E-state index contributed by atoms with van der Waals surface area (Å²) in [5.74, 6) is -1.91. The lowest BCUT2D eigenvalue weighted by Crippen LogP contribution is -2.57. The standard InChI is InChI=1S/C26H34FN3O5/c1-3-35-20-13-11-19(12-14-20)7-6-8-21(24(31)25(32)28-34)26(33)30-16-15-29(17-18(30)2)23-10-5-4-9-22(23)27/h4-5,9-14,18,21,24,31,34H,3,6-8,15-17H2,1-2H3,(H,28,32)/t18-,21?,24+/m1/s1. The monoisotopic (exact) mass is 487 g/mol. The zero-order valence-corrected chi connectivity index (χ0v) is 20.2. The second kappa shape index (κ2) is 12.5. The van der Waals surface area contributed by atoms with Gasteiger partial charge in [-0.15, -0.1) is 0 Å². The van der Waals surface area contributed by atoms with Gasteiger partial charge in [0.1, 0.15) is 17.7 Å². The SMILES string of the molecule is CCOc1ccc(CCCC(C(=O)N2CCN(c3ccccc3F)C[C@H]2C)[C@H](O)C(=O)NO)cc1. The Morgan fingerprint density at radius 1 is 1.17 bits per heavy atom. The number of nitrogens with one attached hydrogen (secondary N) is 1. The van der Waals surface area contributed by atoms with Gasteiger partial charge in [-0.25, -0.2) is 9.87 Å². The topological polar surface area (TPSA) is 102 Å². The smallest absolute Gasteiger partial charge is 0.272 e. The number of hydrogen-bond donors (Lipinski definition) is 3. The number of benzene rings is 2. The van der Waals surface area contributed by atoms with E-state index in [1.54, 1.807) is 23.1 Å². The quantitative estimate of drug-likeness (QED) is 0.352. The number of rotatable bonds is 10. The summed E-state index contributed by atoms with van der Waals surface area (Å²) in [6, 6.07) is 13.9. The summed E-state index contributed by atoms with van der Waals surface area (Å²) in [6.45, 7) is 5.55. The fourth-order valence-corrected chi connectivity index (χ4v) is 4.54. The first-order chi connectivity index (χ1) is 16.8. The molecule has 3 atom stereocenters. The predicted molar refractivity (Wildman–Crippen MR) is 130 cm³/mol. The van der Waals surface area contributed by atoms with E-state index in [0.29, 0.717) is 44.8 Å². The second-order valence-electron chi connectivity index (χ2n) is 8.77. The van der Waals surface area contributed by atoms with E-state index < -0.39 is 17.9 Å². The van der Waals surface area contributed by atoms with Crippen molar-refractivity contribution in [3.05, 3.63) is 59.9 Å². The molecule has 0 spiro atoms. The van der Waals surface area contributed by atoms with Crippen molar-refractivity contribution < 1.29 is 29.0 Å². The van der Waals surface area contributed by atoms with Gasteiger partial charge in [0.15, 0.2) is 0 Å². The molecule has 190 valence electrons. The number of aliphatic hydroxyl groups is 1. The van der Waals surface area contributed by atoms with Gasteiger partial charge in [0, 0.05) is 25.7 Å². The Morgan fingerprint density at radius 2 is 1.89 bits per heavy atom. The van der Waals surface area contributed by atoms with Crippen LogP contribution in [0.1, 0.15) is 32.3 Å². The Morgan fingerprint density at radius 3 is 2.51 bits per heavy atom. The van der Waals surface area contributed by atoms with Crippen molar-refractivity contribution in [3.8, 4) is 5.75 Å². The number of nitrogens with zero attached hydrogens (tertiary/aromatic N) is 2. The average molecular weight is 488 g/mol. The third kappa shape index (κ3) is 6.70. The largest absolute Gasteiger partial charge is 0.494 e. The van der Waals surface area contributed by atoms with Crippen molar-refractivity contribution in [3.63, 3.8) is 0 Å². The summed E-state index contributed by atoms with van der Waals surface area (Å²) in [7, 11) is 0. The van der Waals surface area contributed by atoms with E-state index in [9.17, 15) is 19.1 Å². The van der Waals surface area contributed by atoms with Crippen LogP contribution in [0.3, 0.4) is 0 Å². The molecule has 1 fully saturated rings. The molecule has 1 aliphatic rings. The van der Waals surface area contributed by atoms with Crippen LogP contribution in [-0.4, -0.2) is 65.4 Å². The third-order valence-electron chi connectivity index (χ3n) is 6.40. The number of aliphatic hydroxyl groups excluding tert-OH is 1. The highest BCUT2D eigenvalue weighted by molar-refractivity contribution is 5.89. The molecule has 1 saturated heterocycles. The molecule has 0 aliphatic carbocycles. The zero-order chi connectivity index (χ0) is 25.4. The van der Waals surface area contributed by atoms with Crippen LogP contribution < -0.4 is 15.1 Å². The predicted octanol–water partition coefficient (Wildman–Crippen LogP) is 2.77. The van der Waals surface area contributed by atoms with Crippen LogP contribution in [0.5, 0.6) is 5.75 Å². The zero-order valence-electron chi connectivity index (χ0n) is 20.2. The van der Waals surface area contributed by atoms with Gasteiger partial charge < -0.3 is 19.6 Å². The minimum absolute atomic E-state index is 0.256. The molecule has 1 unspecified atom stereocenters. The van der Waals surface area contributed by atoms with Crippen LogP contribution in [0.15, 0.2) is 48.5 Å². The van der Waals surface area contributed by atoms with Crippen LogP contribution in [0.25, 0.3) is 0 Å². The Balaban J connectivity index is 1.65. The van der Waals surface area contributed by atoms with E-state index in [2.05, 4.69) is 0 Å².